The average molecular weight is 208 g/mol. The number of aromatic nitrogens is 1. The Morgan fingerprint density at radius 2 is 2.20 bits per heavy atom. The first-order chi connectivity index (χ1) is 7.25. The second-order valence-electron chi connectivity index (χ2n) is 4.05. The van der Waals surface area contributed by atoms with E-state index in [4.69, 9.17) is 4.42 Å². The number of nitrogens with one attached hydrogen (secondary N) is 1. The Balaban J connectivity index is 1.91. The van der Waals surface area contributed by atoms with Crippen molar-refractivity contribution in [1.29, 1.82) is 0 Å². The van der Waals surface area contributed by atoms with Crippen molar-refractivity contribution in [2.75, 3.05) is 0 Å². The number of carbonyl (C=O) groups is 1. The highest BCUT2D eigenvalue weighted by Gasteiger charge is 2.18. The van der Waals surface area contributed by atoms with E-state index >= 15 is 0 Å². The number of rotatable bonds is 2. The van der Waals surface area contributed by atoms with Gasteiger partial charge in [0.1, 0.15) is 0 Å². The van der Waals surface area contributed by atoms with E-state index < -0.39 is 0 Å². The van der Waals surface area contributed by atoms with Gasteiger partial charge in [0, 0.05) is 13.0 Å². The molecule has 0 aromatic carbocycles. The summed E-state index contributed by atoms with van der Waals surface area (Å²) in [5.41, 5.74) is 0. The quantitative estimate of drug-likeness (QED) is 0.809. The van der Waals surface area contributed by atoms with Crippen LogP contribution in [0, 0.1) is 6.92 Å². The predicted molar refractivity (Wildman–Crippen MR) is 55.6 cm³/mol. The van der Waals surface area contributed by atoms with Gasteiger partial charge in [0.05, 0.1) is 6.20 Å². The lowest BCUT2D eigenvalue weighted by molar-refractivity contribution is 0.0898. The number of amides is 1. The molecule has 0 radical (unpaired) electrons. The highest BCUT2D eigenvalue weighted by atomic mass is 16.4. The van der Waals surface area contributed by atoms with Crippen LogP contribution in [0.15, 0.2) is 10.6 Å². The molecule has 1 N–H and O–H groups in total. The minimum atomic E-state index is -0.137. The van der Waals surface area contributed by atoms with Gasteiger partial charge in [-0.3, -0.25) is 4.79 Å². The molecule has 1 saturated carbocycles. The van der Waals surface area contributed by atoms with Crippen molar-refractivity contribution in [2.45, 2.75) is 45.1 Å². The third-order valence-electron chi connectivity index (χ3n) is 2.79. The van der Waals surface area contributed by atoms with E-state index in [0.29, 0.717) is 17.7 Å². The zero-order valence-corrected chi connectivity index (χ0v) is 8.95. The first-order valence-corrected chi connectivity index (χ1v) is 5.49. The standard InChI is InChI=1S/C11H16N2O2/c1-8-12-7-10(15-8)11(14)13-9-5-3-2-4-6-9/h7,9H,2-6H2,1H3,(H,13,14). The summed E-state index contributed by atoms with van der Waals surface area (Å²) < 4.78 is 5.16. The summed E-state index contributed by atoms with van der Waals surface area (Å²) in [7, 11) is 0. The smallest absolute Gasteiger partial charge is 0.288 e. The Kier molecular flexibility index (Phi) is 3.04. The van der Waals surface area contributed by atoms with Crippen LogP contribution in [0.3, 0.4) is 0 Å². The van der Waals surface area contributed by atoms with Gasteiger partial charge >= 0.3 is 0 Å². The summed E-state index contributed by atoms with van der Waals surface area (Å²) in [5.74, 6) is 0.712. The Hall–Kier alpha value is -1.32. The van der Waals surface area contributed by atoms with Crippen LogP contribution in [0.5, 0.6) is 0 Å². The summed E-state index contributed by atoms with van der Waals surface area (Å²) in [4.78, 5) is 15.6. The largest absolute Gasteiger partial charge is 0.436 e. The lowest BCUT2D eigenvalue weighted by Gasteiger charge is -2.21. The number of hydrogen-bond acceptors (Lipinski definition) is 3. The Bertz CT molecular complexity index is 340. The van der Waals surface area contributed by atoms with Crippen LogP contribution >= 0.6 is 0 Å². The zero-order valence-electron chi connectivity index (χ0n) is 8.95. The highest BCUT2D eigenvalue weighted by molar-refractivity contribution is 5.91. The molecule has 82 valence electrons. The molecule has 1 aromatic rings. The van der Waals surface area contributed by atoms with Gasteiger partial charge in [-0.25, -0.2) is 4.98 Å². The highest BCUT2D eigenvalue weighted by Crippen LogP contribution is 2.17. The van der Waals surface area contributed by atoms with Gasteiger partial charge < -0.3 is 9.73 Å². The first kappa shape index (κ1) is 10.2. The number of hydrogen-bond donors (Lipinski definition) is 1. The van der Waals surface area contributed by atoms with Gasteiger partial charge in [0.2, 0.25) is 5.76 Å². The average Bonchev–Trinajstić information content (AvgIpc) is 2.66. The number of oxazole rings is 1. The van der Waals surface area contributed by atoms with Crippen molar-refractivity contribution >= 4 is 5.91 Å². The fourth-order valence-electron chi connectivity index (χ4n) is 1.97. The van der Waals surface area contributed by atoms with Crippen LogP contribution in [0.2, 0.25) is 0 Å². The summed E-state index contributed by atoms with van der Waals surface area (Å²) in [6.45, 7) is 1.73. The zero-order chi connectivity index (χ0) is 10.7. The Morgan fingerprint density at radius 3 is 2.80 bits per heavy atom. The normalized spacial score (nSPS) is 17.7. The first-order valence-electron chi connectivity index (χ1n) is 5.49. The van der Waals surface area contributed by atoms with E-state index in [1.165, 1.54) is 25.5 Å². The molecular formula is C11H16N2O2. The molecule has 1 aliphatic rings. The van der Waals surface area contributed by atoms with Crippen molar-refractivity contribution in [2.24, 2.45) is 0 Å². The van der Waals surface area contributed by atoms with E-state index in [2.05, 4.69) is 10.3 Å². The molecule has 0 unspecified atom stereocenters. The van der Waals surface area contributed by atoms with Gasteiger partial charge in [-0.2, -0.15) is 0 Å². The summed E-state index contributed by atoms with van der Waals surface area (Å²) in [5, 5.41) is 2.98. The maximum absolute atomic E-state index is 11.7. The molecule has 0 bridgehead atoms. The lowest BCUT2D eigenvalue weighted by Crippen LogP contribution is -2.35. The fraction of sp³-hybridized carbons (Fsp3) is 0.636. The minimum Gasteiger partial charge on any atom is -0.436 e. The van der Waals surface area contributed by atoms with Gasteiger partial charge in [0.15, 0.2) is 5.89 Å². The van der Waals surface area contributed by atoms with Gasteiger partial charge in [-0.1, -0.05) is 19.3 Å². The van der Waals surface area contributed by atoms with Gasteiger partial charge in [-0.15, -0.1) is 0 Å². The van der Waals surface area contributed by atoms with Crippen LogP contribution in [0.25, 0.3) is 0 Å². The van der Waals surface area contributed by atoms with Crippen molar-refractivity contribution in [3.8, 4) is 0 Å². The molecule has 0 saturated heterocycles. The molecule has 0 atom stereocenters. The second kappa shape index (κ2) is 4.47. The lowest BCUT2D eigenvalue weighted by atomic mass is 9.95. The molecule has 0 spiro atoms. The topological polar surface area (TPSA) is 55.1 Å². The van der Waals surface area contributed by atoms with Crippen molar-refractivity contribution in [3.63, 3.8) is 0 Å². The van der Waals surface area contributed by atoms with Crippen molar-refractivity contribution in [1.82, 2.24) is 10.3 Å². The third kappa shape index (κ3) is 2.58. The van der Waals surface area contributed by atoms with E-state index in [9.17, 15) is 4.79 Å². The maximum Gasteiger partial charge on any atom is 0.288 e. The number of carbonyl (C=O) groups excluding carboxylic acids is 1. The summed E-state index contributed by atoms with van der Waals surface area (Å²) in [6, 6.07) is 0.316. The molecule has 1 aromatic heterocycles. The SMILES string of the molecule is Cc1ncc(C(=O)NC2CCCCC2)o1. The number of nitrogens with zero attached hydrogens (tertiary/aromatic N) is 1. The monoisotopic (exact) mass is 208 g/mol. The molecule has 0 aliphatic heterocycles. The van der Waals surface area contributed by atoms with Gasteiger partial charge in [0.25, 0.3) is 5.91 Å². The number of aryl methyl sites for hydroxylation is 1. The van der Waals surface area contributed by atoms with E-state index in [-0.39, 0.29) is 5.91 Å². The molecule has 1 fully saturated rings. The van der Waals surface area contributed by atoms with E-state index in [0.717, 1.165) is 12.8 Å². The predicted octanol–water partition coefficient (Wildman–Crippen LogP) is 2.05. The molecule has 1 heterocycles. The minimum absolute atomic E-state index is 0.137. The Labute approximate surface area is 89.1 Å². The van der Waals surface area contributed by atoms with Crippen LogP contribution in [-0.4, -0.2) is 16.9 Å². The molecular weight excluding hydrogens is 192 g/mol. The van der Waals surface area contributed by atoms with Crippen molar-refractivity contribution < 1.29 is 9.21 Å². The third-order valence-corrected chi connectivity index (χ3v) is 2.79. The van der Waals surface area contributed by atoms with E-state index in [1.54, 1.807) is 6.92 Å². The van der Waals surface area contributed by atoms with E-state index in [1.807, 2.05) is 0 Å². The molecule has 4 heteroatoms. The van der Waals surface area contributed by atoms with Crippen LogP contribution in [0.4, 0.5) is 0 Å². The van der Waals surface area contributed by atoms with Crippen LogP contribution < -0.4 is 5.32 Å². The van der Waals surface area contributed by atoms with Crippen LogP contribution in [-0.2, 0) is 0 Å². The van der Waals surface area contributed by atoms with Crippen molar-refractivity contribution in [3.05, 3.63) is 17.8 Å². The molecule has 1 amide bonds. The maximum atomic E-state index is 11.7. The van der Waals surface area contributed by atoms with Gasteiger partial charge in [-0.05, 0) is 12.8 Å². The summed E-state index contributed by atoms with van der Waals surface area (Å²) >= 11 is 0. The second-order valence-corrected chi connectivity index (χ2v) is 4.05. The molecule has 1 aliphatic carbocycles. The fourth-order valence-corrected chi connectivity index (χ4v) is 1.97. The molecule has 4 nitrogen and oxygen atoms in total. The molecule has 2 rings (SSSR count). The summed E-state index contributed by atoms with van der Waals surface area (Å²) in [6.07, 6.45) is 7.35. The van der Waals surface area contributed by atoms with Crippen LogP contribution in [0.1, 0.15) is 48.5 Å². The molecule has 15 heavy (non-hydrogen) atoms. The Morgan fingerprint density at radius 1 is 1.47 bits per heavy atom.